The molecule has 2 amide bonds. The summed E-state index contributed by atoms with van der Waals surface area (Å²) in [5.41, 5.74) is 2.75. The molecule has 5 rings (SSSR count). The van der Waals surface area contributed by atoms with Gasteiger partial charge in [-0.05, 0) is 85.3 Å². The Morgan fingerprint density at radius 2 is 1.45 bits per heavy atom. The van der Waals surface area contributed by atoms with E-state index < -0.39 is 41.0 Å². The average molecular weight is 728 g/mol. The molecular formula is C40H43BrN2O6. The summed E-state index contributed by atoms with van der Waals surface area (Å²) in [7, 11) is 0. The van der Waals surface area contributed by atoms with Gasteiger partial charge in [0.05, 0.1) is 18.1 Å². The molecular weight excluding hydrogens is 684 g/mol. The fourth-order valence-electron chi connectivity index (χ4n) is 6.72. The first-order valence-corrected chi connectivity index (χ1v) is 17.5. The molecule has 8 nitrogen and oxygen atoms in total. The minimum atomic E-state index is -1.76. The largest absolute Gasteiger partial charge is 0.490 e. The number of ether oxygens (including phenoxy) is 2. The Bertz CT molecular complexity index is 1820. The third-order valence-corrected chi connectivity index (χ3v) is 9.57. The maximum atomic E-state index is 14.4. The van der Waals surface area contributed by atoms with E-state index in [1.54, 1.807) is 24.3 Å². The summed E-state index contributed by atoms with van der Waals surface area (Å²) >= 11 is 3.49. The fraction of sp³-hybridized carbons (Fsp3) is 0.325. The van der Waals surface area contributed by atoms with Gasteiger partial charge in [-0.25, -0.2) is 0 Å². The Morgan fingerprint density at radius 1 is 0.816 bits per heavy atom. The van der Waals surface area contributed by atoms with Crippen LogP contribution in [0.4, 0.5) is 11.4 Å². The molecule has 3 N–H and O–H groups in total. The van der Waals surface area contributed by atoms with Crippen LogP contribution >= 0.6 is 15.9 Å². The van der Waals surface area contributed by atoms with Gasteiger partial charge in [0.15, 0.2) is 11.5 Å². The van der Waals surface area contributed by atoms with Gasteiger partial charge in [-0.15, -0.1) is 0 Å². The van der Waals surface area contributed by atoms with Crippen molar-refractivity contribution in [3.8, 4) is 11.5 Å². The van der Waals surface area contributed by atoms with Gasteiger partial charge in [0.25, 0.3) is 0 Å². The monoisotopic (exact) mass is 726 g/mol. The minimum absolute atomic E-state index is 0.277. The Labute approximate surface area is 296 Å². The zero-order valence-corrected chi connectivity index (χ0v) is 29.9. The van der Waals surface area contributed by atoms with Crippen LogP contribution in [0.2, 0.25) is 0 Å². The molecule has 49 heavy (non-hydrogen) atoms. The molecule has 0 radical (unpaired) electrons. The molecule has 0 heterocycles. The first-order valence-electron chi connectivity index (χ1n) is 16.7. The number of carbonyl (C=O) groups excluding carboxylic acids is 3. The van der Waals surface area contributed by atoms with E-state index in [2.05, 4.69) is 26.6 Å². The number of halogens is 1. The zero-order valence-electron chi connectivity index (χ0n) is 28.3. The number of ketones is 1. The van der Waals surface area contributed by atoms with Crippen molar-refractivity contribution < 1.29 is 29.0 Å². The molecule has 0 aromatic heterocycles. The summed E-state index contributed by atoms with van der Waals surface area (Å²) in [5, 5.41) is 17.9. The molecule has 9 heteroatoms. The molecule has 0 spiro atoms. The zero-order chi connectivity index (χ0) is 35.1. The molecule has 0 bridgehead atoms. The van der Waals surface area contributed by atoms with Crippen LogP contribution in [-0.2, 0) is 33.8 Å². The molecule has 4 aromatic rings. The molecule has 1 saturated carbocycles. The summed E-state index contributed by atoms with van der Waals surface area (Å²) in [5.74, 6) is -4.08. The van der Waals surface area contributed by atoms with Crippen molar-refractivity contribution >= 4 is 44.9 Å². The normalized spacial score (nSPS) is 20.4. The molecule has 1 aliphatic rings. The van der Waals surface area contributed by atoms with Gasteiger partial charge >= 0.3 is 0 Å². The molecule has 1 fully saturated rings. The third kappa shape index (κ3) is 8.23. The van der Waals surface area contributed by atoms with Crippen LogP contribution in [0, 0.1) is 11.8 Å². The van der Waals surface area contributed by atoms with Crippen LogP contribution < -0.4 is 20.1 Å². The smallest absolute Gasteiger partial charge is 0.235 e. The molecule has 4 aromatic carbocycles. The highest BCUT2D eigenvalue weighted by Crippen LogP contribution is 2.48. The van der Waals surface area contributed by atoms with Crippen LogP contribution in [0.15, 0.2) is 95.5 Å². The molecule has 0 saturated heterocycles. The number of hydrogen-bond acceptors (Lipinski definition) is 6. The van der Waals surface area contributed by atoms with Gasteiger partial charge in [0.2, 0.25) is 11.8 Å². The van der Waals surface area contributed by atoms with Gasteiger partial charge in [-0.3, -0.25) is 14.4 Å². The van der Waals surface area contributed by atoms with E-state index in [-0.39, 0.29) is 13.0 Å². The van der Waals surface area contributed by atoms with Gasteiger partial charge in [-0.1, -0.05) is 84.4 Å². The van der Waals surface area contributed by atoms with Crippen LogP contribution in [0.25, 0.3) is 0 Å². The van der Waals surface area contributed by atoms with Crippen LogP contribution in [0.5, 0.6) is 11.5 Å². The Kier molecular flexibility index (Phi) is 11.6. The van der Waals surface area contributed by atoms with Crippen molar-refractivity contribution in [2.75, 3.05) is 17.2 Å². The highest BCUT2D eigenvalue weighted by atomic mass is 79.9. The SMILES string of the molecule is CCOc1cc(C2C(C(=O)Nc3ccccc3CC)C(=O)CC(C)(O)C2C(=O)Nc2ccccc2CC)ccc1OCc1cccc(Br)c1. The maximum absolute atomic E-state index is 14.4. The van der Waals surface area contributed by atoms with E-state index in [1.165, 1.54) is 6.92 Å². The summed E-state index contributed by atoms with van der Waals surface area (Å²) in [4.78, 5) is 42.5. The average Bonchev–Trinajstić information content (AvgIpc) is 3.07. The van der Waals surface area contributed by atoms with Gasteiger partial charge in [-0.2, -0.15) is 0 Å². The number of anilines is 2. The number of rotatable bonds is 12. The number of carbonyl (C=O) groups is 3. The Hall–Kier alpha value is -4.47. The number of para-hydroxylation sites is 2. The lowest BCUT2D eigenvalue weighted by Gasteiger charge is -2.44. The van der Waals surface area contributed by atoms with Crippen LogP contribution in [-0.4, -0.2) is 34.9 Å². The first-order chi connectivity index (χ1) is 23.6. The highest BCUT2D eigenvalue weighted by molar-refractivity contribution is 9.10. The predicted molar refractivity (Wildman–Crippen MR) is 195 cm³/mol. The van der Waals surface area contributed by atoms with E-state index in [0.29, 0.717) is 47.9 Å². The quantitative estimate of drug-likeness (QED) is 0.128. The van der Waals surface area contributed by atoms with E-state index in [4.69, 9.17) is 9.47 Å². The molecule has 1 aliphatic carbocycles. The standard InChI is InChI=1S/C40H43BrN2O6/c1-5-26-14-8-10-17-30(26)42-38(45)36-32(44)23-40(4,47)37(39(46)43-31-18-11-9-15-27(31)6-2)35(36)28-19-20-33(34(22-28)48-7-3)49-24-25-13-12-16-29(41)21-25/h8-22,35-37,47H,5-7,23-24H2,1-4H3,(H,42,45)(H,43,46). The van der Waals surface area contributed by atoms with Crippen LogP contribution in [0.1, 0.15) is 62.3 Å². The summed E-state index contributed by atoms with van der Waals surface area (Å²) in [6.07, 6.45) is 0.991. The lowest BCUT2D eigenvalue weighted by atomic mass is 9.61. The number of Topliss-reactive ketones (excluding diaryl/α,β-unsaturated/α-hetero) is 1. The molecule has 0 aliphatic heterocycles. The summed E-state index contributed by atoms with van der Waals surface area (Å²) in [6.45, 7) is 7.93. The lowest BCUT2D eigenvalue weighted by Crippen LogP contribution is -2.56. The second kappa shape index (κ2) is 15.8. The van der Waals surface area contributed by atoms with E-state index in [9.17, 15) is 19.5 Å². The van der Waals surface area contributed by atoms with Crippen molar-refractivity contribution in [1.82, 2.24) is 0 Å². The number of benzene rings is 4. The maximum Gasteiger partial charge on any atom is 0.235 e. The second-order valence-corrected chi connectivity index (χ2v) is 13.5. The Balaban J connectivity index is 1.59. The fourth-order valence-corrected chi connectivity index (χ4v) is 7.17. The highest BCUT2D eigenvalue weighted by Gasteiger charge is 2.56. The van der Waals surface area contributed by atoms with Crippen molar-refractivity contribution in [2.24, 2.45) is 11.8 Å². The lowest BCUT2D eigenvalue weighted by molar-refractivity contribution is -0.150. The third-order valence-electron chi connectivity index (χ3n) is 9.08. The van der Waals surface area contributed by atoms with E-state index in [1.807, 2.05) is 87.5 Å². The number of hydrogen-bond donors (Lipinski definition) is 3. The molecule has 256 valence electrons. The van der Waals surface area contributed by atoms with Gasteiger partial charge in [0.1, 0.15) is 18.3 Å². The number of aliphatic hydroxyl groups is 1. The number of nitrogens with one attached hydrogen (secondary N) is 2. The van der Waals surface area contributed by atoms with Gasteiger partial charge < -0.3 is 25.2 Å². The van der Waals surface area contributed by atoms with Crippen LogP contribution in [0.3, 0.4) is 0 Å². The van der Waals surface area contributed by atoms with Crippen molar-refractivity contribution in [3.05, 3.63) is 118 Å². The van der Waals surface area contributed by atoms with Crippen molar-refractivity contribution in [3.63, 3.8) is 0 Å². The number of amides is 2. The van der Waals surface area contributed by atoms with Crippen molar-refractivity contribution in [2.45, 2.75) is 65.1 Å². The van der Waals surface area contributed by atoms with E-state index >= 15 is 0 Å². The topological polar surface area (TPSA) is 114 Å². The van der Waals surface area contributed by atoms with E-state index in [0.717, 1.165) is 21.2 Å². The summed E-state index contributed by atoms with van der Waals surface area (Å²) in [6, 6.07) is 27.9. The Morgan fingerprint density at radius 3 is 2.06 bits per heavy atom. The molecule has 4 atom stereocenters. The summed E-state index contributed by atoms with van der Waals surface area (Å²) < 4.78 is 13.1. The van der Waals surface area contributed by atoms with Gasteiger partial charge in [0, 0.05) is 28.2 Å². The van der Waals surface area contributed by atoms with Crippen molar-refractivity contribution in [1.29, 1.82) is 0 Å². The predicted octanol–water partition coefficient (Wildman–Crippen LogP) is 7.87. The second-order valence-electron chi connectivity index (χ2n) is 12.5. The minimum Gasteiger partial charge on any atom is -0.490 e. The first kappa shape index (κ1) is 35.8. The number of aryl methyl sites for hydroxylation is 2. The molecule has 4 unspecified atom stereocenters.